The number of benzene rings is 1. The molecule has 5 nitrogen and oxygen atoms in total. The molecule has 6 heteroatoms. The molecule has 0 saturated carbocycles. The Balaban J connectivity index is 1.70. The number of nitrogens with zero attached hydrogens (tertiary/aromatic N) is 4. The van der Waals surface area contributed by atoms with Crippen molar-refractivity contribution in [1.29, 1.82) is 0 Å². The van der Waals surface area contributed by atoms with Gasteiger partial charge in [0, 0.05) is 38.3 Å². The summed E-state index contributed by atoms with van der Waals surface area (Å²) in [6.07, 6.45) is 1.08. The van der Waals surface area contributed by atoms with E-state index in [1.807, 2.05) is 0 Å². The highest BCUT2D eigenvalue weighted by atomic mass is 35.5. The average molecular weight is 332 g/mol. The van der Waals surface area contributed by atoms with E-state index >= 15 is 0 Å². The van der Waals surface area contributed by atoms with E-state index in [9.17, 15) is 0 Å². The van der Waals surface area contributed by atoms with Crippen LogP contribution in [0.3, 0.4) is 0 Å². The van der Waals surface area contributed by atoms with Crippen LogP contribution in [0.25, 0.3) is 0 Å². The van der Waals surface area contributed by atoms with E-state index in [-0.39, 0.29) is 5.95 Å². The third-order valence-electron chi connectivity index (χ3n) is 4.29. The number of halogens is 1. The summed E-state index contributed by atoms with van der Waals surface area (Å²) in [6, 6.07) is 12.8. The van der Waals surface area contributed by atoms with Crippen LogP contribution in [-0.2, 0) is 6.54 Å². The molecule has 0 spiro atoms. The van der Waals surface area contributed by atoms with Gasteiger partial charge in [-0.25, -0.2) is 4.98 Å². The number of nitrogens with two attached hydrogens (primary N) is 1. The summed E-state index contributed by atoms with van der Waals surface area (Å²) >= 11 is 6.03. The molecule has 0 amide bonds. The van der Waals surface area contributed by atoms with Gasteiger partial charge in [-0.2, -0.15) is 4.98 Å². The number of aromatic nitrogens is 2. The molecule has 0 aliphatic carbocycles. The Hall–Kier alpha value is -1.85. The molecule has 1 aliphatic heterocycles. The lowest BCUT2D eigenvalue weighted by atomic mass is 10.2. The van der Waals surface area contributed by atoms with E-state index in [0.29, 0.717) is 11.2 Å². The minimum absolute atomic E-state index is 0.227. The molecule has 2 aromatic rings. The second-order valence-corrected chi connectivity index (χ2v) is 6.39. The smallest absolute Gasteiger partial charge is 0.223 e. The Bertz CT molecular complexity index is 628. The maximum absolute atomic E-state index is 6.03. The van der Waals surface area contributed by atoms with E-state index < -0.39 is 0 Å². The van der Waals surface area contributed by atoms with Crippen molar-refractivity contribution in [2.45, 2.75) is 25.9 Å². The van der Waals surface area contributed by atoms with Gasteiger partial charge in [-0.3, -0.25) is 4.90 Å². The summed E-state index contributed by atoms with van der Waals surface area (Å²) in [7, 11) is 0. The molecular formula is C17H22ClN5. The van der Waals surface area contributed by atoms with Gasteiger partial charge in [0.05, 0.1) is 0 Å². The summed E-state index contributed by atoms with van der Waals surface area (Å²) in [4.78, 5) is 13.0. The van der Waals surface area contributed by atoms with E-state index in [1.54, 1.807) is 6.07 Å². The quantitative estimate of drug-likeness (QED) is 0.876. The molecule has 1 aliphatic rings. The van der Waals surface area contributed by atoms with Crippen LogP contribution in [0, 0.1) is 0 Å². The molecule has 1 aromatic heterocycles. The Morgan fingerprint density at radius 1 is 1.17 bits per heavy atom. The van der Waals surface area contributed by atoms with Crippen LogP contribution in [0.4, 0.5) is 11.8 Å². The largest absolute Gasteiger partial charge is 0.368 e. The Morgan fingerprint density at radius 2 is 1.96 bits per heavy atom. The predicted octanol–water partition coefficient (Wildman–Crippen LogP) is 2.81. The molecule has 0 bridgehead atoms. The molecular weight excluding hydrogens is 310 g/mol. The highest BCUT2D eigenvalue weighted by Gasteiger charge is 2.22. The van der Waals surface area contributed by atoms with Gasteiger partial charge in [0.25, 0.3) is 0 Å². The molecule has 122 valence electrons. The molecule has 1 saturated heterocycles. The van der Waals surface area contributed by atoms with Crippen molar-refractivity contribution < 1.29 is 0 Å². The van der Waals surface area contributed by atoms with Gasteiger partial charge in [0.2, 0.25) is 5.95 Å². The van der Waals surface area contributed by atoms with Crippen molar-refractivity contribution in [2.75, 3.05) is 30.3 Å². The lowest BCUT2D eigenvalue weighted by molar-refractivity contribution is 0.283. The van der Waals surface area contributed by atoms with Crippen molar-refractivity contribution >= 4 is 23.4 Å². The normalized spacial score (nSPS) is 19.6. The molecule has 1 fully saturated rings. The van der Waals surface area contributed by atoms with Crippen LogP contribution in [0.1, 0.15) is 18.9 Å². The van der Waals surface area contributed by atoms with Crippen LogP contribution in [0.5, 0.6) is 0 Å². The summed E-state index contributed by atoms with van der Waals surface area (Å²) in [5.41, 5.74) is 7.09. The van der Waals surface area contributed by atoms with Crippen LogP contribution in [0.15, 0.2) is 36.4 Å². The fraction of sp³-hybridized carbons (Fsp3) is 0.412. The number of rotatable bonds is 3. The number of hydrogen-bond donors (Lipinski definition) is 1. The van der Waals surface area contributed by atoms with Crippen LogP contribution < -0.4 is 10.6 Å². The lowest BCUT2D eigenvalue weighted by Crippen LogP contribution is -2.35. The first-order valence-electron chi connectivity index (χ1n) is 7.95. The number of hydrogen-bond acceptors (Lipinski definition) is 5. The van der Waals surface area contributed by atoms with Gasteiger partial charge >= 0.3 is 0 Å². The van der Waals surface area contributed by atoms with Crippen LogP contribution in [0.2, 0.25) is 5.15 Å². The Kier molecular flexibility index (Phi) is 4.98. The summed E-state index contributed by atoms with van der Waals surface area (Å²) in [5, 5.41) is 0.394. The number of anilines is 2. The Morgan fingerprint density at radius 3 is 2.70 bits per heavy atom. The zero-order valence-corrected chi connectivity index (χ0v) is 14.1. The monoisotopic (exact) mass is 331 g/mol. The van der Waals surface area contributed by atoms with Crippen molar-refractivity contribution in [3.05, 3.63) is 47.1 Å². The standard InChI is InChI=1S/C17H22ClN5/c1-13-7-8-22(12-14-5-3-2-4-6-14)9-10-23(13)16-11-15(18)20-17(19)21-16/h2-6,11,13H,7-10,12H2,1H3,(H2,19,20,21). The van der Waals surface area contributed by atoms with E-state index in [4.69, 9.17) is 17.3 Å². The summed E-state index contributed by atoms with van der Waals surface area (Å²) in [5.74, 6) is 1.04. The van der Waals surface area contributed by atoms with E-state index in [2.05, 4.69) is 57.0 Å². The third-order valence-corrected chi connectivity index (χ3v) is 4.49. The molecule has 23 heavy (non-hydrogen) atoms. The minimum atomic E-state index is 0.227. The first kappa shape index (κ1) is 16.0. The van der Waals surface area contributed by atoms with E-state index in [1.165, 1.54) is 5.56 Å². The maximum atomic E-state index is 6.03. The van der Waals surface area contributed by atoms with Gasteiger partial charge in [-0.05, 0) is 18.9 Å². The average Bonchev–Trinajstić information content (AvgIpc) is 2.70. The van der Waals surface area contributed by atoms with Crippen LogP contribution in [-0.4, -0.2) is 40.5 Å². The first-order chi connectivity index (χ1) is 11.1. The van der Waals surface area contributed by atoms with Crippen molar-refractivity contribution in [3.63, 3.8) is 0 Å². The van der Waals surface area contributed by atoms with Gasteiger partial charge < -0.3 is 10.6 Å². The molecule has 3 rings (SSSR count). The molecule has 1 aromatic carbocycles. The molecule has 1 unspecified atom stereocenters. The lowest BCUT2D eigenvalue weighted by Gasteiger charge is -2.28. The number of nitrogen functional groups attached to an aromatic ring is 1. The molecule has 1 atom stereocenters. The van der Waals surface area contributed by atoms with Gasteiger partial charge in [0.1, 0.15) is 11.0 Å². The molecule has 0 radical (unpaired) electrons. The second kappa shape index (κ2) is 7.15. The SMILES string of the molecule is CC1CCN(Cc2ccccc2)CCN1c1cc(Cl)nc(N)n1. The fourth-order valence-electron chi connectivity index (χ4n) is 3.02. The topological polar surface area (TPSA) is 58.3 Å². The first-order valence-corrected chi connectivity index (χ1v) is 8.32. The maximum Gasteiger partial charge on any atom is 0.223 e. The second-order valence-electron chi connectivity index (χ2n) is 6.00. The van der Waals surface area contributed by atoms with E-state index in [0.717, 1.165) is 38.4 Å². The highest BCUT2D eigenvalue weighted by Crippen LogP contribution is 2.22. The van der Waals surface area contributed by atoms with Crippen molar-refractivity contribution in [3.8, 4) is 0 Å². The molecule has 2 N–H and O–H groups in total. The molecule has 2 heterocycles. The fourth-order valence-corrected chi connectivity index (χ4v) is 3.20. The van der Waals surface area contributed by atoms with Gasteiger partial charge in [-0.1, -0.05) is 41.9 Å². The Labute approximate surface area is 142 Å². The summed E-state index contributed by atoms with van der Waals surface area (Å²) in [6.45, 7) is 6.16. The third kappa shape index (κ3) is 4.12. The minimum Gasteiger partial charge on any atom is -0.368 e. The zero-order chi connectivity index (χ0) is 16.2. The zero-order valence-electron chi connectivity index (χ0n) is 13.3. The summed E-state index contributed by atoms with van der Waals surface area (Å²) < 4.78 is 0. The van der Waals surface area contributed by atoms with Crippen molar-refractivity contribution in [1.82, 2.24) is 14.9 Å². The van der Waals surface area contributed by atoms with Gasteiger partial charge in [-0.15, -0.1) is 0 Å². The highest BCUT2D eigenvalue weighted by molar-refractivity contribution is 6.29. The van der Waals surface area contributed by atoms with Crippen LogP contribution >= 0.6 is 11.6 Å². The van der Waals surface area contributed by atoms with Gasteiger partial charge in [0.15, 0.2) is 0 Å². The van der Waals surface area contributed by atoms with Crippen molar-refractivity contribution in [2.24, 2.45) is 0 Å². The predicted molar refractivity (Wildman–Crippen MR) is 94.6 cm³/mol.